The summed E-state index contributed by atoms with van der Waals surface area (Å²) in [7, 11) is 0. The predicted octanol–water partition coefficient (Wildman–Crippen LogP) is 1.09. The van der Waals surface area contributed by atoms with E-state index >= 15 is 0 Å². The molecule has 0 aliphatic carbocycles. The topological polar surface area (TPSA) is 38.0 Å². The first-order valence-corrected chi connectivity index (χ1v) is 4.87. The van der Waals surface area contributed by atoms with Crippen molar-refractivity contribution >= 4 is 0 Å². The van der Waals surface area contributed by atoms with Crippen molar-refractivity contribution in [1.82, 2.24) is 5.32 Å². The summed E-state index contributed by atoms with van der Waals surface area (Å²) in [5.41, 5.74) is 7.31. The smallest absolute Gasteiger partial charge is 0.0171 e. The zero-order chi connectivity index (χ0) is 9.10. The van der Waals surface area contributed by atoms with Crippen LogP contribution in [0.2, 0.25) is 0 Å². The third kappa shape index (κ3) is 2.08. The van der Waals surface area contributed by atoms with Gasteiger partial charge in [-0.25, -0.2) is 0 Å². The van der Waals surface area contributed by atoms with Crippen LogP contribution in [-0.2, 0) is 0 Å². The molecule has 1 saturated heterocycles. The lowest BCUT2D eigenvalue weighted by Gasteiger charge is -2.27. The fourth-order valence-electron chi connectivity index (χ4n) is 1.95. The molecule has 2 nitrogen and oxygen atoms in total. The van der Waals surface area contributed by atoms with Crippen molar-refractivity contribution in [3.05, 3.63) is 35.9 Å². The quantitative estimate of drug-likeness (QED) is 0.672. The summed E-state index contributed by atoms with van der Waals surface area (Å²) in [6.45, 7) is 2.03. The molecule has 2 heteroatoms. The highest BCUT2D eigenvalue weighted by atomic mass is 14.9. The Bertz CT molecular complexity index is 258. The van der Waals surface area contributed by atoms with Gasteiger partial charge in [0.25, 0.3) is 0 Å². The Morgan fingerprint density at radius 3 is 2.62 bits per heavy atom. The van der Waals surface area contributed by atoms with E-state index in [9.17, 15) is 0 Å². The van der Waals surface area contributed by atoms with E-state index in [0.29, 0.717) is 12.0 Å². The normalized spacial score (nSPS) is 28.7. The minimum atomic E-state index is 0.318. The molecule has 0 amide bonds. The molecule has 1 aromatic rings. The van der Waals surface area contributed by atoms with Gasteiger partial charge in [0.15, 0.2) is 0 Å². The summed E-state index contributed by atoms with van der Waals surface area (Å²) in [4.78, 5) is 0. The van der Waals surface area contributed by atoms with Crippen LogP contribution < -0.4 is 11.1 Å². The maximum absolute atomic E-state index is 5.90. The van der Waals surface area contributed by atoms with Gasteiger partial charge in [0.2, 0.25) is 0 Å². The molecule has 0 aromatic heterocycles. The predicted molar refractivity (Wildman–Crippen MR) is 54.6 cm³/mol. The molecule has 0 radical (unpaired) electrons. The molecule has 1 aliphatic heterocycles. The van der Waals surface area contributed by atoms with Crippen LogP contribution in [0.4, 0.5) is 0 Å². The highest BCUT2D eigenvalue weighted by Crippen LogP contribution is 2.21. The molecule has 1 heterocycles. The van der Waals surface area contributed by atoms with Crippen LogP contribution >= 0.6 is 0 Å². The molecule has 2 rings (SSSR count). The average molecular weight is 176 g/mol. The Hall–Kier alpha value is -0.860. The van der Waals surface area contributed by atoms with Crippen molar-refractivity contribution in [2.24, 2.45) is 5.73 Å². The van der Waals surface area contributed by atoms with Gasteiger partial charge in [-0.3, -0.25) is 0 Å². The second kappa shape index (κ2) is 3.90. The zero-order valence-corrected chi connectivity index (χ0v) is 7.74. The molecule has 2 atom stereocenters. The fourth-order valence-corrected chi connectivity index (χ4v) is 1.95. The molecule has 0 spiro atoms. The van der Waals surface area contributed by atoms with Gasteiger partial charge in [-0.05, 0) is 17.9 Å². The number of nitrogens with one attached hydrogen (secondary N) is 1. The minimum Gasteiger partial charge on any atom is -0.327 e. The Morgan fingerprint density at radius 2 is 1.92 bits per heavy atom. The first-order chi connectivity index (χ1) is 6.36. The number of hydrogen-bond acceptors (Lipinski definition) is 2. The highest BCUT2D eigenvalue weighted by molar-refractivity contribution is 5.20. The molecular weight excluding hydrogens is 160 g/mol. The van der Waals surface area contributed by atoms with Crippen molar-refractivity contribution in [2.75, 3.05) is 13.1 Å². The summed E-state index contributed by atoms with van der Waals surface area (Å²) in [6.07, 6.45) is 1.11. The van der Waals surface area contributed by atoms with E-state index in [-0.39, 0.29) is 0 Å². The minimum absolute atomic E-state index is 0.318. The molecular formula is C11H16N2. The van der Waals surface area contributed by atoms with Crippen LogP contribution in [0.5, 0.6) is 0 Å². The Labute approximate surface area is 79.1 Å². The first kappa shape index (κ1) is 8.73. The van der Waals surface area contributed by atoms with E-state index in [1.165, 1.54) is 5.56 Å². The molecule has 0 unspecified atom stereocenters. The monoisotopic (exact) mass is 176 g/mol. The van der Waals surface area contributed by atoms with Crippen LogP contribution in [0.3, 0.4) is 0 Å². The second-order valence-electron chi connectivity index (χ2n) is 3.76. The Balaban J connectivity index is 2.08. The second-order valence-corrected chi connectivity index (χ2v) is 3.76. The molecule has 1 fully saturated rings. The van der Waals surface area contributed by atoms with Crippen molar-refractivity contribution < 1.29 is 0 Å². The van der Waals surface area contributed by atoms with Gasteiger partial charge in [0.1, 0.15) is 0 Å². The molecule has 13 heavy (non-hydrogen) atoms. The van der Waals surface area contributed by atoms with E-state index in [4.69, 9.17) is 5.73 Å². The molecule has 3 N–H and O–H groups in total. The van der Waals surface area contributed by atoms with Crippen molar-refractivity contribution in [1.29, 1.82) is 0 Å². The Morgan fingerprint density at radius 1 is 1.15 bits per heavy atom. The number of piperidine rings is 1. The van der Waals surface area contributed by atoms with Gasteiger partial charge in [0.05, 0.1) is 0 Å². The lowest BCUT2D eigenvalue weighted by molar-refractivity contribution is 0.412. The number of hydrogen-bond donors (Lipinski definition) is 2. The third-order valence-electron chi connectivity index (χ3n) is 2.66. The summed E-state index contributed by atoms with van der Waals surface area (Å²) in [5.74, 6) is 0.602. The lowest BCUT2D eigenvalue weighted by atomic mass is 9.90. The van der Waals surface area contributed by atoms with Crippen LogP contribution in [0.25, 0.3) is 0 Å². The van der Waals surface area contributed by atoms with Crippen LogP contribution in [0.15, 0.2) is 30.3 Å². The first-order valence-electron chi connectivity index (χ1n) is 4.87. The maximum Gasteiger partial charge on any atom is 0.0171 e. The van der Waals surface area contributed by atoms with E-state index in [2.05, 4.69) is 35.6 Å². The average Bonchev–Trinajstić information content (AvgIpc) is 2.19. The SMILES string of the molecule is N[C@H]1CNC[C@@H](c2ccccc2)C1. The van der Waals surface area contributed by atoms with Gasteiger partial charge >= 0.3 is 0 Å². The van der Waals surface area contributed by atoms with E-state index in [1.54, 1.807) is 0 Å². The molecule has 0 saturated carbocycles. The van der Waals surface area contributed by atoms with Crippen molar-refractivity contribution in [3.8, 4) is 0 Å². The van der Waals surface area contributed by atoms with Crippen LogP contribution in [0, 0.1) is 0 Å². The number of nitrogens with two attached hydrogens (primary N) is 1. The van der Waals surface area contributed by atoms with Crippen molar-refractivity contribution in [3.63, 3.8) is 0 Å². The van der Waals surface area contributed by atoms with E-state index in [1.807, 2.05) is 0 Å². The largest absolute Gasteiger partial charge is 0.327 e. The lowest BCUT2D eigenvalue weighted by Crippen LogP contribution is -2.43. The summed E-state index contributed by atoms with van der Waals surface area (Å²) < 4.78 is 0. The fraction of sp³-hybridized carbons (Fsp3) is 0.455. The molecule has 1 aromatic carbocycles. The van der Waals surface area contributed by atoms with Gasteiger partial charge in [-0.1, -0.05) is 30.3 Å². The van der Waals surface area contributed by atoms with Gasteiger partial charge in [-0.2, -0.15) is 0 Å². The number of benzene rings is 1. The van der Waals surface area contributed by atoms with Crippen LogP contribution in [0.1, 0.15) is 17.9 Å². The maximum atomic E-state index is 5.90. The Kier molecular flexibility index (Phi) is 2.62. The summed E-state index contributed by atoms with van der Waals surface area (Å²) in [5, 5.41) is 3.36. The number of rotatable bonds is 1. The van der Waals surface area contributed by atoms with Crippen molar-refractivity contribution in [2.45, 2.75) is 18.4 Å². The standard InChI is InChI=1S/C11H16N2/c12-11-6-10(7-13-8-11)9-4-2-1-3-5-9/h1-5,10-11,13H,6-8,12H2/t10-,11+/m0/s1. The van der Waals surface area contributed by atoms with Gasteiger partial charge in [0, 0.05) is 19.1 Å². The van der Waals surface area contributed by atoms with E-state index < -0.39 is 0 Å². The van der Waals surface area contributed by atoms with Gasteiger partial charge in [-0.15, -0.1) is 0 Å². The highest BCUT2D eigenvalue weighted by Gasteiger charge is 2.19. The zero-order valence-electron chi connectivity index (χ0n) is 7.74. The summed E-state index contributed by atoms with van der Waals surface area (Å²) in [6, 6.07) is 10.9. The van der Waals surface area contributed by atoms with Crippen LogP contribution in [-0.4, -0.2) is 19.1 Å². The van der Waals surface area contributed by atoms with Gasteiger partial charge < -0.3 is 11.1 Å². The molecule has 70 valence electrons. The summed E-state index contributed by atoms with van der Waals surface area (Å²) >= 11 is 0. The third-order valence-corrected chi connectivity index (χ3v) is 2.66. The molecule has 0 bridgehead atoms. The van der Waals surface area contributed by atoms with E-state index in [0.717, 1.165) is 19.5 Å². The molecule has 1 aliphatic rings.